The Morgan fingerprint density at radius 2 is 1.84 bits per heavy atom. The summed E-state index contributed by atoms with van der Waals surface area (Å²) < 4.78 is 0. The molecule has 5 heteroatoms. The highest BCUT2D eigenvalue weighted by molar-refractivity contribution is 5.45. The van der Waals surface area contributed by atoms with Gasteiger partial charge in [-0.2, -0.15) is 0 Å². The maximum Gasteiger partial charge on any atom is 0.128 e. The normalized spacial score (nSPS) is 10.2. The van der Waals surface area contributed by atoms with Crippen LogP contribution in [0.25, 0.3) is 0 Å². The van der Waals surface area contributed by atoms with E-state index in [1.165, 1.54) is 0 Å². The lowest BCUT2D eigenvalue weighted by Gasteiger charge is -2.08. The first-order valence-electron chi connectivity index (χ1n) is 6.50. The van der Waals surface area contributed by atoms with Crippen LogP contribution in [0.3, 0.4) is 0 Å². The van der Waals surface area contributed by atoms with Crippen LogP contribution < -0.4 is 10.6 Å². The molecule has 0 aliphatic carbocycles. The van der Waals surface area contributed by atoms with Crippen LogP contribution in [0.4, 0.5) is 11.6 Å². The molecule has 0 aliphatic heterocycles. The molecule has 0 radical (unpaired) electrons. The predicted molar refractivity (Wildman–Crippen MR) is 77.1 cm³/mol. The number of aromatic nitrogens is 3. The fourth-order valence-corrected chi connectivity index (χ4v) is 1.58. The summed E-state index contributed by atoms with van der Waals surface area (Å²) in [7, 11) is 0. The van der Waals surface area contributed by atoms with Gasteiger partial charge >= 0.3 is 0 Å². The molecule has 2 N–H and O–H groups in total. The Labute approximate surface area is 113 Å². The van der Waals surface area contributed by atoms with Gasteiger partial charge in [-0.1, -0.05) is 13.0 Å². The highest BCUT2D eigenvalue weighted by Crippen LogP contribution is 2.10. The lowest BCUT2D eigenvalue weighted by atomic mass is 10.4. The SMILES string of the molecule is CCCNc1cccc(NCc2cnc(C)cn2)n1. The van der Waals surface area contributed by atoms with Crippen molar-refractivity contribution in [3.05, 3.63) is 42.0 Å². The van der Waals surface area contributed by atoms with Crippen LogP contribution in [0.2, 0.25) is 0 Å². The van der Waals surface area contributed by atoms with Gasteiger partial charge in [0.05, 0.1) is 24.1 Å². The van der Waals surface area contributed by atoms with Gasteiger partial charge in [0.15, 0.2) is 0 Å². The summed E-state index contributed by atoms with van der Waals surface area (Å²) in [6.07, 6.45) is 4.63. The molecule has 0 saturated heterocycles. The van der Waals surface area contributed by atoms with E-state index in [-0.39, 0.29) is 0 Å². The molecule has 0 fully saturated rings. The Hall–Kier alpha value is -2.17. The molecule has 2 aromatic rings. The maximum absolute atomic E-state index is 4.47. The van der Waals surface area contributed by atoms with Crippen molar-refractivity contribution in [3.8, 4) is 0 Å². The van der Waals surface area contributed by atoms with Crippen LogP contribution in [0.15, 0.2) is 30.6 Å². The van der Waals surface area contributed by atoms with Crippen LogP contribution >= 0.6 is 0 Å². The lowest BCUT2D eigenvalue weighted by Crippen LogP contribution is -2.06. The molecular weight excluding hydrogens is 238 g/mol. The van der Waals surface area contributed by atoms with E-state index in [0.29, 0.717) is 6.54 Å². The van der Waals surface area contributed by atoms with Crippen molar-refractivity contribution in [3.63, 3.8) is 0 Å². The second kappa shape index (κ2) is 6.68. The molecule has 0 atom stereocenters. The summed E-state index contributed by atoms with van der Waals surface area (Å²) in [5.74, 6) is 1.73. The minimum Gasteiger partial charge on any atom is -0.370 e. The molecule has 0 bridgehead atoms. The number of hydrogen-bond donors (Lipinski definition) is 2. The van der Waals surface area contributed by atoms with Gasteiger partial charge in [-0.05, 0) is 25.5 Å². The minimum atomic E-state index is 0.623. The minimum absolute atomic E-state index is 0.623. The quantitative estimate of drug-likeness (QED) is 0.833. The molecule has 0 aliphatic rings. The van der Waals surface area contributed by atoms with Crippen molar-refractivity contribution in [2.45, 2.75) is 26.8 Å². The topological polar surface area (TPSA) is 62.7 Å². The van der Waals surface area contributed by atoms with Crippen molar-refractivity contribution in [1.82, 2.24) is 15.0 Å². The van der Waals surface area contributed by atoms with Crippen molar-refractivity contribution < 1.29 is 0 Å². The van der Waals surface area contributed by atoms with Gasteiger partial charge in [0.2, 0.25) is 0 Å². The molecule has 0 amide bonds. The highest BCUT2D eigenvalue weighted by atomic mass is 15.1. The van der Waals surface area contributed by atoms with Gasteiger partial charge in [0.25, 0.3) is 0 Å². The second-order valence-corrected chi connectivity index (χ2v) is 4.34. The van der Waals surface area contributed by atoms with Gasteiger partial charge in [-0.25, -0.2) is 4.98 Å². The Morgan fingerprint density at radius 1 is 1.05 bits per heavy atom. The van der Waals surface area contributed by atoms with E-state index in [9.17, 15) is 0 Å². The van der Waals surface area contributed by atoms with E-state index in [2.05, 4.69) is 32.5 Å². The highest BCUT2D eigenvalue weighted by Gasteiger charge is 1.99. The van der Waals surface area contributed by atoms with E-state index < -0.39 is 0 Å². The monoisotopic (exact) mass is 257 g/mol. The Balaban J connectivity index is 1.93. The van der Waals surface area contributed by atoms with Gasteiger partial charge < -0.3 is 10.6 Å². The molecule has 2 aromatic heterocycles. The third-order valence-electron chi connectivity index (χ3n) is 2.59. The summed E-state index contributed by atoms with van der Waals surface area (Å²) >= 11 is 0. The standard InChI is InChI=1S/C14H19N5/c1-3-7-15-13-5-4-6-14(19-13)18-10-12-9-16-11(2)8-17-12/h4-6,8-9H,3,7,10H2,1-2H3,(H2,15,18,19). The first-order chi connectivity index (χ1) is 9.28. The van der Waals surface area contributed by atoms with Crippen molar-refractivity contribution in [1.29, 1.82) is 0 Å². The lowest BCUT2D eigenvalue weighted by molar-refractivity contribution is 0.960. The molecule has 0 saturated carbocycles. The fraction of sp³-hybridized carbons (Fsp3) is 0.357. The molecule has 2 heterocycles. The smallest absolute Gasteiger partial charge is 0.128 e. The third kappa shape index (κ3) is 4.21. The number of hydrogen-bond acceptors (Lipinski definition) is 5. The number of pyridine rings is 1. The molecule has 19 heavy (non-hydrogen) atoms. The number of nitrogens with one attached hydrogen (secondary N) is 2. The summed E-state index contributed by atoms with van der Waals surface area (Å²) in [5.41, 5.74) is 1.83. The van der Waals surface area contributed by atoms with Crippen molar-refractivity contribution in [2.75, 3.05) is 17.2 Å². The van der Waals surface area contributed by atoms with Gasteiger partial charge in [-0.15, -0.1) is 0 Å². The maximum atomic E-state index is 4.47. The zero-order valence-corrected chi connectivity index (χ0v) is 11.3. The largest absolute Gasteiger partial charge is 0.370 e. The molecule has 0 aromatic carbocycles. The van der Waals surface area contributed by atoms with Gasteiger partial charge in [0.1, 0.15) is 11.6 Å². The summed E-state index contributed by atoms with van der Waals surface area (Å²) in [5, 5.41) is 6.50. The molecule has 100 valence electrons. The average molecular weight is 257 g/mol. The molecule has 0 unspecified atom stereocenters. The first kappa shape index (κ1) is 13.3. The van der Waals surface area contributed by atoms with E-state index in [4.69, 9.17) is 0 Å². The van der Waals surface area contributed by atoms with Crippen LogP contribution in [0.5, 0.6) is 0 Å². The van der Waals surface area contributed by atoms with Crippen molar-refractivity contribution >= 4 is 11.6 Å². The first-order valence-corrected chi connectivity index (χ1v) is 6.50. The molecular formula is C14H19N5. The Bertz CT molecular complexity index is 509. The number of anilines is 2. The number of rotatable bonds is 6. The number of aryl methyl sites for hydroxylation is 1. The molecule has 0 spiro atoms. The Morgan fingerprint density at radius 3 is 2.53 bits per heavy atom. The summed E-state index contributed by atoms with van der Waals surface area (Å²) in [6.45, 7) is 5.61. The van der Waals surface area contributed by atoms with Crippen LogP contribution in [-0.4, -0.2) is 21.5 Å². The molecule has 2 rings (SSSR count). The van der Waals surface area contributed by atoms with Crippen LogP contribution in [0, 0.1) is 6.92 Å². The molecule has 5 nitrogen and oxygen atoms in total. The zero-order valence-electron chi connectivity index (χ0n) is 11.3. The third-order valence-corrected chi connectivity index (χ3v) is 2.59. The van der Waals surface area contributed by atoms with Gasteiger partial charge in [-0.3, -0.25) is 9.97 Å². The van der Waals surface area contributed by atoms with Gasteiger partial charge in [0, 0.05) is 12.7 Å². The van der Waals surface area contributed by atoms with Crippen LogP contribution in [0.1, 0.15) is 24.7 Å². The summed E-state index contributed by atoms with van der Waals surface area (Å²) in [4.78, 5) is 13.0. The van der Waals surface area contributed by atoms with E-state index in [0.717, 1.165) is 36.0 Å². The van der Waals surface area contributed by atoms with E-state index in [1.54, 1.807) is 12.4 Å². The van der Waals surface area contributed by atoms with E-state index in [1.807, 2.05) is 25.1 Å². The number of nitrogens with zero attached hydrogens (tertiary/aromatic N) is 3. The van der Waals surface area contributed by atoms with E-state index >= 15 is 0 Å². The average Bonchev–Trinajstić information content (AvgIpc) is 2.45. The predicted octanol–water partition coefficient (Wildman–Crippen LogP) is 2.61. The zero-order chi connectivity index (χ0) is 13.5. The summed E-state index contributed by atoms with van der Waals surface area (Å²) in [6, 6.07) is 5.89. The second-order valence-electron chi connectivity index (χ2n) is 4.34. The Kier molecular flexibility index (Phi) is 4.66. The van der Waals surface area contributed by atoms with Crippen LogP contribution in [-0.2, 0) is 6.54 Å². The van der Waals surface area contributed by atoms with Crippen molar-refractivity contribution in [2.24, 2.45) is 0 Å². The fourth-order valence-electron chi connectivity index (χ4n) is 1.58.